The molecule has 3 heteroatoms. The van der Waals surface area contributed by atoms with Crippen molar-refractivity contribution in [2.24, 2.45) is 5.92 Å². The molecule has 1 aromatic carbocycles. The van der Waals surface area contributed by atoms with Crippen LogP contribution in [0.3, 0.4) is 0 Å². The Kier molecular flexibility index (Phi) is 3.72. The Labute approximate surface area is 94.7 Å². The molecule has 0 aromatic heterocycles. The Morgan fingerprint density at radius 1 is 1.38 bits per heavy atom. The molecule has 1 aliphatic rings. The highest BCUT2D eigenvalue weighted by Gasteiger charge is 2.14. The van der Waals surface area contributed by atoms with Gasteiger partial charge in [-0.3, -0.25) is 0 Å². The van der Waals surface area contributed by atoms with Gasteiger partial charge >= 0.3 is 5.97 Å². The average Bonchev–Trinajstić information content (AvgIpc) is 2.26. The van der Waals surface area contributed by atoms with Crippen molar-refractivity contribution in [2.45, 2.75) is 6.61 Å². The first-order valence-corrected chi connectivity index (χ1v) is 5.31. The second-order valence-corrected chi connectivity index (χ2v) is 3.75. The summed E-state index contributed by atoms with van der Waals surface area (Å²) in [6.07, 6.45) is 3.33. The number of hydrogen-bond donors (Lipinski definition) is 0. The molecule has 0 radical (unpaired) electrons. The molecule has 1 aromatic rings. The monoisotopic (exact) mass is 218 g/mol. The predicted octanol–water partition coefficient (Wildman–Crippen LogP) is 1.93. The zero-order chi connectivity index (χ0) is 11.2. The minimum Gasteiger partial charge on any atom is -0.458 e. The van der Waals surface area contributed by atoms with Gasteiger partial charge in [-0.05, 0) is 5.56 Å². The predicted molar refractivity (Wildman–Crippen MR) is 59.7 cm³/mol. The standard InChI is InChI=1S/C13H14O3/c14-13(7-6-12-8-15-9-12)16-10-11-4-2-1-3-5-11/h1-7,12H,8-10H2. The lowest BCUT2D eigenvalue weighted by atomic mass is 10.1. The van der Waals surface area contributed by atoms with Gasteiger partial charge in [0.05, 0.1) is 13.2 Å². The van der Waals surface area contributed by atoms with Crippen molar-refractivity contribution >= 4 is 5.97 Å². The van der Waals surface area contributed by atoms with Crippen LogP contribution in [0.4, 0.5) is 0 Å². The number of carbonyl (C=O) groups is 1. The summed E-state index contributed by atoms with van der Waals surface area (Å²) in [5.74, 6) is 0.0834. The largest absolute Gasteiger partial charge is 0.458 e. The lowest BCUT2D eigenvalue weighted by molar-refractivity contribution is -0.139. The van der Waals surface area contributed by atoms with Crippen molar-refractivity contribution in [3.8, 4) is 0 Å². The van der Waals surface area contributed by atoms with Crippen LogP contribution >= 0.6 is 0 Å². The number of rotatable bonds is 4. The van der Waals surface area contributed by atoms with Gasteiger partial charge in [0, 0.05) is 12.0 Å². The minimum absolute atomic E-state index is 0.296. The summed E-state index contributed by atoms with van der Waals surface area (Å²) < 4.78 is 10.1. The number of carbonyl (C=O) groups excluding carboxylic acids is 1. The molecule has 0 N–H and O–H groups in total. The normalized spacial score (nSPS) is 16.0. The molecule has 0 spiro atoms. The van der Waals surface area contributed by atoms with Crippen LogP contribution in [-0.2, 0) is 20.9 Å². The van der Waals surface area contributed by atoms with E-state index in [4.69, 9.17) is 9.47 Å². The Hall–Kier alpha value is -1.61. The van der Waals surface area contributed by atoms with E-state index in [2.05, 4.69) is 0 Å². The number of esters is 1. The highest BCUT2D eigenvalue weighted by Crippen LogP contribution is 2.11. The van der Waals surface area contributed by atoms with Gasteiger partial charge in [-0.2, -0.15) is 0 Å². The van der Waals surface area contributed by atoms with Gasteiger partial charge in [-0.1, -0.05) is 36.4 Å². The van der Waals surface area contributed by atoms with E-state index in [0.717, 1.165) is 5.56 Å². The Bertz CT molecular complexity index is 366. The summed E-state index contributed by atoms with van der Waals surface area (Å²) in [7, 11) is 0. The lowest BCUT2D eigenvalue weighted by Gasteiger charge is -2.22. The molecule has 84 valence electrons. The van der Waals surface area contributed by atoms with Crippen LogP contribution in [0.25, 0.3) is 0 Å². The zero-order valence-electron chi connectivity index (χ0n) is 8.96. The van der Waals surface area contributed by atoms with Gasteiger partial charge in [0.25, 0.3) is 0 Å². The first-order chi connectivity index (χ1) is 7.84. The molecule has 16 heavy (non-hydrogen) atoms. The topological polar surface area (TPSA) is 35.5 Å². The maximum atomic E-state index is 11.3. The Balaban J connectivity index is 1.73. The average molecular weight is 218 g/mol. The Morgan fingerprint density at radius 2 is 2.12 bits per heavy atom. The summed E-state index contributed by atoms with van der Waals surface area (Å²) in [5, 5.41) is 0. The Morgan fingerprint density at radius 3 is 2.75 bits per heavy atom. The molecule has 0 atom stereocenters. The van der Waals surface area contributed by atoms with Crippen LogP contribution in [0.5, 0.6) is 0 Å². The van der Waals surface area contributed by atoms with Gasteiger partial charge < -0.3 is 9.47 Å². The van der Waals surface area contributed by atoms with E-state index in [-0.39, 0.29) is 5.97 Å². The smallest absolute Gasteiger partial charge is 0.330 e. The highest BCUT2D eigenvalue weighted by atomic mass is 16.5. The SMILES string of the molecule is O=C(C=CC1COC1)OCc1ccccc1. The van der Waals surface area contributed by atoms with E-state index in [1.807, 2.05) is 36.4 Å². The third kappa shape index (κ3) is 3.21. The molecular formula is C13H14O3. The van der Waals surface area contributed by atoms with E-state index in [1.54, 1.807) is 0 Å². The quantitative estimate of drug-likeness (QED) is 0.572. The van der Waals surface area contributed by atoms with Crippen LogP contribution in [0.15, 0.2) is 42.5 Å². The summed E-state index contributed by atoms with van der Waals surface area (Å²) in [5.41, 5.74) is 0.997. The fourth-order valence-electron chi connectivity index (χ4n) is 1.36. The fourth-order valence-corrected chi connectivity index (χ4v) is 1.36. The molecule has 2 rings (SSSR count). The van der Waals surface area contributed by atoms with Crippen LogP contribution in [0.2, 0.25) is 0 Å². The van der Waals surface area contributed by atoms with Gasteiger partial charge in [0.15, 0.2) is 0 Å². The number of ether oxygens (including phenoxy) is 2. The van der Waals surface area contributed by atoms with Gasteiger partial charge in [-0.25, -0.2) is 4.79 Å². The molecule has 0 unspecified atom stereocenters. The van der Waals surface area contributed by atoms with E-state index in [9.17, 15) is 4.79 Å². The summed E-state index contributed by atoms with van der Waals surface area (Å²) in [6, 6.07) is 9.63. The molecule has 1 fully saturated rings. The van der Waals surface area contributed by atoms with Crippen LogP contribution < -0.4 is 0 Å². The van der Waals surface area contributed by atoms with Gasteiger partial charge in [0.1, 0.15) is 6.61 Å². The van der Waals surface area contributed by atoms with E-state index in [0.29, 0.717) is 25.7 Å². The van der Waals surface area contributed by atoms with E-state index in [1.165, 1.54) is 6.08 Å². The third-order valence-electron chi connectivity index (χ3n) is 2.39. The minimum atomic E-state index is -0.296. The first-order valence-electron chi connectivity index (χ1n) is 5.31. The fraction of sp³-hybridized carbons (Fsp3) is 0.308. The van der Waals surface area contributed by atoms with Crippen molar-refractivity contribution in [2.75, 3.05) is 13.2 Å². The molecule has 0 amide bonds. The molecule has 0 saturated carbocycles. The maximum absolute atomic E-state index is 11.3. The van der Waals surface area contributed by atoms with Crippen LogP contribution in [-0.4, -0.2) is 19.2 Å². The second kappa shape index (κ2) is 5.47. The molecule has 0 bridgehead atoms. The number of benzene rings is 1. The summed E-state index contributed by atoms with van der Waals surface area (Å²) in [6.45, 7) is 1.75. The van der Waals surface area contributed by atoms with E-state index >= 15 is 0 Å². The van der Waals surface area contributed by atoms with Crippen LogP contribution in [0.1, 0.15) is 5.56 Å². The van der Waals surface area contributed by atoms with Crippen molar-refractivity contribution in [3.63, 3.8) is 0 Å². The summed E-state index contributed by atoms with van der Waals surface area (Å²) in [4.78, 5) is 11.3. The van der Waals surface area contributed by atoms with Crippen LogP contribution in [0, 0.1) is 5.92 Å². The van der Waals surface area contributed by atoms with Crippen molar-refractivity contribution in [1.29, 1.82) is 0 Å². The molecule has 1 heterocycles. The highest BCUT2D eigenvalue weighted by molar-refractivity contribution is 5.81. The molecule has 0 aliphatic carbocycles. The third-order valence-corrected chi connectivity index (χ3v) is 2.39. The molecular weight excluding hydrogens is 204 g/mol. The van der Waals surface area contributed by atoms with Crippen molar-refractivity contribution < 1.29 is 14.3 Å². The number of hydrogen-bond acceptors (Lipinski definition) is 3. The molecule has 1 aliphatic heterocycles. The first kappa shape index (κ1) is 10.9. The van der Waals surface area contributed by atoms with E-state index < -0.39 is 0 Å². The lowest BCUT2D eigenvalue weighted by Crippen LogP contribution is -2.25. The zero-order valence-corrected chi connectivity index (χ0v) is 8.96. The van der Waals surface area contributed by atoms with Gasteiger partial charge in [-0.15, -0.1) is 0 Å². The molecule has 1 saturated heterocycles. The molecule has 3 nitrogen and oxygen atoms in total. The maximum Gasteiger partial charge on any atom is 0.330 e. The van der Waals surface area contributed by atoms with Crippen molar-refractivity contribution in [1.82, 2.24) is 0 Å². The van der Waals surface area contributed by atoms with Gasteiger partial charge in [0.2, 0.25) is 0 Å². The summed E-state index contributed by atoms with van der Waals surface area (Å²) >= 11 is 0. The van der Waals surface area contributed by atoms with Crippen molar-refractivity contribution in [3.05, 3.63) is 48.0 Å². The second-order valence-electron chi connectivity index (χ2n) is 3.75.